The Hall–Kier alpha value is -0.640. The minimum atomic E-state index is -0.346. The van der Waals surface area contributed by atoms with Crippen molar-refractivity contribution >= 4 is 17.7 Å². The monoisotopic (exact) mass is 242 g/mol. The highest BCUT2D eigenvalue weighted by Gasteiger charge is 2.49. The summed E-state index contributed by atoms with van der Waals surface area (Å²) in [5.74, 6) is 1.11. The van der Waals surface area contributed by atoms with Crippen LogP contribution in [0.25, 0.3) is 0 Å². The maximum atomic E-state index is 11.7. The van der Waals surface area contributed by atoms with E-state index in [1.165, 1.54) is 6.42 Å². The van der Waals surface area contributed by atoms with Gasteiger partial charge in [-0.3, -0.25) is 0 Å². The third-order valence-corrected chi connectivity index (χ3v) is 4.38. The summed E-state index contributed by atoms with van der Waals surface area (Å²) in [5, 5.41) is 0. The van der Waals surface area contributed by atoms with Crippen LogP contribution in [-0.2, 0) is 14.3 Å². The van der Waals surface area contributed by atoms with Crippen molar-refractivity contribution in [2.24, 2.45) is 0 Å². The Labute approximate surface area is 101 Å². The van der Waals surface area contributed by atoms with Gasteiger partial charge in [-0.2, -0.15) is 0 Å². The Kier molecular flexibility index (Phi) is 3.47. The van der Waals surface area contributed by atoms with Crippen LogP contribution >= 0.6 is 11.8 Å². The van der Waals surface area contributed by atoms with Gasteiger partial charge < -0.3 is 9.47 Å². The zero-order chi connectivity index (χ0) is 11.6. The lowest BCUT2D eigenvalue weighted by molar-refractivity contribution is -0.151. The zero-order valence-electron chi connectivity index (χ0n) is 9.88. The van der Waals surface area contributed by atoms with Crippen molar-refractivity contribution in [2.75, 3.05) is 12.9 Å². The highest BCUT2D eigenvalue weighted by Crippen LogP contribution is 2.48. The Bertz CT molecular complexity index is 316. The van der Waals surface area contributed by atoms with Gasteiger partial charge in [0.25, 0.3) is 0 Å². The van der Waals surface area contributed by atoms with E-state index < -0.39 is 0 Å². The molecule has 0 amide bonds. The molecule has 1 spiro atoms. The van der Waals surface area contributed by atoms with Gasteiger partial charge in [0.1, 0.15) is 5.60 Å². The first-order chi connectivity index (χ1) is 7.73. The molecule has 0 unspecified atom stereocenters. The average molecular weight is 242 g/mol. The Morgan fingerprint density at radius 3 is 2.62 bits per heavy atom. The number of ether oxygens (including phenoxy) is 2. The van der Waals surface area contributed by atoms with E-state index in [2.05, 4.69) is 6.92 Å². The molecule has 0 atom stereocenters. The van der Waals surface area contributed by atoms with E-state index in [0.717, 1.165) is 36.3 Å². The van der Waals surface area contributed by atoms with Crippen molar-refractivity contribution in [3.05, 3.63) is 10.7 Å². The highest BCUT2D eigenvalue weighted by molar-refractivity contribution is 8.03. The quantitative estimate of drug-likeness (QED) is 0.713. The second kappa shape index (κ2) is 4.70. The molecule has 0 N–H and O–H groups in total. The van der Waals surface area contributed by atoms with Crippen LogP contribution in [0.3, 0.4) is 0 Å². The number of carbonyl (C=O) groups excluding carboxylic acids is 1. The average Bonchev–Trinajstić information content (AvgIpc) is 2.53. The van der Waals surface area contributed by atoms with Crippen LogP contribution in [0.15, 0.2) is 10.7 Å². The molecule has 1 fully saturated rings. The minimum Gasteiger partial charge on any atom is -0.489 e. The molecule has 90 valence electrons. The van der Waals surface area contributed by atoms with E-state index in [1.807, 2.05) is 0 Å². The highest BCUT2D eigenvalue weighted by atomic mass is 32.2. The smallest absolute Gasteiger partial charge is 0.375 e. The summed E-state index contributed by atoms with van der Waals surface area (Å²) in [6, 6.07) is 0. The fourth-order valence-electron chi connectivity index (χ4n) is 2.54. The number of hydrogen-bond acceptors (Lipinski definition) is 4. The summed E-state index contributed by atoms with van der Waals surface area (Å²) in [6.07, 6.45) is 5.42. The predicted octanol–water partition coefficient (Wildman–Crippen LogP) is 2.86. The van der Waals surface area contributed by atoms with Gasteiger partial charge in [0.05, 0.1) is 12.0 Å². The van der Waals surface area contributed by atoms with Gasteiger partial charge in [-0.15, -0.1) is 11.8 Å². The summed E-state index contributed by atoms with van der Waals surface area (Å²) in [7, 11) is 1.55. The summed E-state index contributed by atoms with van der Waals surface area (Å²) >= 11 is 1.69. The first kappa shape index (κ1) is 11.8. The van der Waals surface area contributed by atoms with Gasteiger partial charge in [0.2, 0.25) is 5.76 Å². The molecular formula is C12H18O3S. The predicted molar refractivity (Wildman–Crippen MR) is 64.1 cm³/mol. The first-order valence-electron chi connectivity index (χ1n) is 5.88. The van der Waals surface area contributed by atoms with Gasteiger partial charge in [0, 0.05) is 0 Å². The molecule has 1 heterocycles. The van der Waals surface area contributed by atoms with Gasteiger partial charge in [-0.25, -0.2) is 4.79 Å². The van der Waals surface area contributed by atoms with Crippen LogP contribution in [-0.4, -0.2) is 24.4 Å². The summed E-state index contributed by atoms with van der Waals surface area (Å²) < 4.78 is 10.8. The molecule has 0 aromatic rings. The maximum absolute atomic E-state index is 11.7. The van der Waals surface area contributed by atoms with Crippen molar-refractivity contribution in [1.82, 2.24) is 0 Å². The number of esters is 1. The minimum absolute atomic E-state index is 0.277. The zero-order valence-corrected chi connectivity index (χ0v) is 10.7. The normalized spacial score (nSPS) is 23.8. The molecular weight excluding hydrogens is 224 g/mol. The number of thioether (sulfide) groups is 1. The second-order valence-corrected chi connectivity index (χ2v) is 5.51. The van der Waals surface area contributed by atoms with E-state index in [-0.39, 0.29) is 11.6 Å². The molecule has 16 heavy (non-hydrogen) atoms. The number of rotatable bonds is 3. The summed E-state index contributed by atoms with van der Waals surface area (Å²) in [6.45, 7) is 2.09. The van der Waals surface area contributed by atoms with Crippen molar-refractivity contribution in [1.29, 1.82) is 0 Å². The van der Waals surface area contributed by atoms with Gasteiger partial charge >= 0.3 is 5.97 Å². The molecule has 2 aliphatic rings. The van der Waals surface area contributed by atoms with Crippen molar-refractivity contribution in [3.63, 3.8) is 0 Å². The molecule has 0 saturated heterocycles. The Balaban J connectivity index is 2.32. The van der Waals surface area contributed by atoms with E-state index in [1.54, 1.807) is 18.9 Å². The fraction of sp³-hybridized carbons (Fsp3) is 0.750. The molecule has 1 saturated carbocycles. The molecule has 1 aliphatic heterocycles. The number of carbonyl (C=O) groups is 1. The van der Waals surface area contributed by atoms with E-state index in [0.29, 0.717) is 5.76 Å². The van der Waals surface area contributed by atoms with Crippen molar-refractivity contribution in [3.8, 4) is 0 Å². The lowest BCUT2D eigenvalue weighted by atomic mass is 9.85. The van der Waals surface area contributed by atoms with Crippen LogP contribution in [0.4, 0.5) is 0 Å². The third-order valence-electron chi connectivity index (χ3n) is 3.25. The molecule has 0 aromatic carbocycles. The molecule has 4 heteroatoms. The topological polar surface area (TPSA) is 35.5 Å². The summed E-state index contributed by atoms with van der Waals surface area (Å²) in [4.78, 5) is 12.8. The molecule has 3 nitrogen and oxygen atoms in total. The van der Waals surface area contributed by atoms with Gasteiger partial charge in [-0.05, 0) is 31.4 Å². The lowest BCUT2D eigenvalue weighted by Gasteiger charge is -2.33. The molecule has 0 radical (unpaired) electrons. The first-order valence-corrected chi connectivity index (χ1v) is 6.87. The maximum Gasteiger partial charge on any atom is 0.375 e. The summed E-state index contributed by atoms with van der Waals surface area (Å²) in [5.41, 5.74) is -0.346. The van der Waals surface area contributed by atoms with Crippen LogP contribution in [0.2, 0.25) is 0 Å². The van der Waals surface area contributed by atoms with E-state index in [4.69, 9.17) is 9.47 Å². The van der Waals surface area contributed by atoms with Crippen LogP contribution in [0, 0.1) is 0 Å². The molecule has 0 aromatic heterocycles. The van der Waals surface area contributed by atoms with Crippen LogP contribution in [0.1, 0.15) is 39.0 Å². The fourth-order valence-corrected chi connectivity index (χ4v) is 3.63. The van der Waals surface area contributed by atoms with Crippen molar-refractivity contribution in [2.45, 2.75) is 44.6 Å². The molecule has 0 bridgehead atoms. The van der Waals surface area contributed by atoms with Crippen LogP contribution in [0.5, 0.6) is 0 Å². The molecule has 2 rings (SSSR count). The second-order valence-electron chi connectivity index (χ2n) is 4.24. The lowest BCUT2D eigenvalue weighted by Crippen LogP contribution is -2.33. The molecule has 1 aliphatic carbocycles. The van der Waals surface area contributed by atoms with E-state index in [9.17, 15) is 4.79 Å². The largest absolute Gasteiger partial charge is 0.489 e. The van der Waals surface area contributed by atoms with Gasteiger partial charge in [0.15, 0.2) is 0 Å². The Morgan fingerprint density at radius 2 is 2.06 bits per heavy atom. The standard InChI is InChI=1S/C12H18O3S/c1-3-16-10-9(14-2)11(13)15-12(10)7-5-4-6-8-12/h3-8H2,1-2H3. The van der Waals surface area contributed by atoms with Crippen molar-refractivity contribution < 1.29 is 14.3 Å². The Morgan fingerprint density at radius 1 is 1.38 bits per heavy atom. The van der Waals surface area contributed by atoms with Gasteiger partial charge in [-0.1, -0.05) is 13.3 Å². The van der Waals surface area contributed by atoms with Crippen LogP contribution < -0.4 is 0 Å². The van der Waals surface area contributed by atoms with E-state index >= 15 is 0 Å². The SMILES string of the molecule is CCSC1=C(OC)C(=O)OC12CCCCC2. The number of methoxy groups -OCH3 is 1. The number of hydrogen-bond donors (Lipinski definition) is 0. The third kappa shape index (κ3) is 1.83.